The fourth-order valence-electron chi connectivity index (χ4n) is 3.89. The molecule has 3 rings (SSSR count). The maximum atomic E-state index is 12.6. The maximum Gasteiger partial charge on any atom is 0.255 e. The topological polar surface area (TPSA) is 66.6 Å². The van der Waals surface area contributed by atoms with Crippen molar-refractivity contribution in [2.75, 3.05) is 32.7 Å². The summed E-state index contributed by atoms with van der Waals surface area (Å²) in [6, 6.07) is 7.24. The van der Waals surface area contributed by atoms with Gasteiger partial charge in [0.15, 0.2) is 0 Å². The van der Waals surface area contributed by atoms with Crippen LogP contribution in [0.3, 0.4) is 0 Å². The molecule has 1 aromatic carbocycles. The third-order valence-corrected chi connectivity index (χ3v) is 5.84. The Morgan fingerprint density at radius 3 is 2.28 bits per heavy atom. The second-order valence-corrected chi connectivity index (χ2v) is 7.60. The van der Waals surface area contributed by atoms with Gasteiger partial charge in [-0.05, 0) is 56.8 Å². The molecule has 2 aliphatic heterocycles. The first kappa shape index (κ1) is 18.2. The number of hydrogen-bond donors (Lipinski definition) is 1. The van der Waals surface area contributed by atoms with Crippen LogP contribution in [0.5, 0.6) is 0 Å². The zero-order valence-corrected chi connectivity index (χ0v) is 15.3. The quantitative estimate of drug-likeness (QED) is 0.893. The number of hydrogen-bond acceptors (Lipinski definition) is 3. The van der Waals surface area contributed by atoms with Gasteiger partial charge in [-0.25, -0.2) is 0 Å². The lowest BCUT2D eigenvalue weighted by molar-refractivity contribution is -0.123. The Labute approximate surface area is 154 Å². The Hall–Kier alpha value is -1.59. The van der Waals surface area contributed by atoms with Crippen LogP contribution < -0.4 is 5.73 Å². The van der Waals surface area contributed by atoms with Crippen LogP contribution in [0.25, 0.3) is 0 Å². The fraction of sp³-hybridized carbons (Fsp3) is 0.579. The maximum absolute atomic E-state index is 12.6. The molecule has 0 unspecified atom stereocenters. The van der Waals surface area contributed by atoms with Crippen molar-refractivity contribution in [3.63, 3.8) is 0 Å². The van der Waals surface area contributed by atoms with E-state index in [1.807, 2.05) is 17.0 Å². The zero-order chi connectivity index (χ0) is 17.8. The molecule has 2 amide bonds. The van der Waals surface area contributed by atoms with Gasteiger partial charge in [0.25, 0.3) is 5.91 Å². The predicted octanol–water partition coefficient (Wildman–Crippen LogP) is 2.39. The first-order valence-electron chi connectivity index (χ1n) is 9.10. The van der Waals surface area contributed by atoms with Crippen LogP contribution in [-0.4, -0.2) is 54.3 Å². The molecule has 2 heterocycles. The van der Waals surface area contributed by atoms with E-state index in [0.717, 1.165) is 58.4 Å². The van der Waals surface area contributed by atoms with E-state index >= 15 is 0 Å². The summed E-state index contributed by atoms with van der Waals surface area (Å²) >= 11 is 6.14. The highest BCUT2D eigenvalue weighted by molar-refractivity contribution is 6.33. The summed E-state index contributed by atoms with van der Waals surface area (Å²) < 4.78 is 0. The van der Waals surface area contributed by atoms with Gasteiger partial charge in [-0.3, -0.25) is 9.59 Å². The van der Waals surface area contributed by atoms with Gasteiger partial charge < -0.3 is 15.5 Å². The summed E-state index contributed by atoms with van der Waals surface area (Å²) in [5.74, 6) is 0.532. The van der Waals surface area contributed by atoms with Gasteiger partial charge in [0.2, 0.25) is 5.91 Å². The predicted molar refractivity (Wildman–Crippen MR) is 98.4 cm³/mol. The number of amides is 2. The fourth-order valence-corrected chi connectivity index (χ4v) is 4.11. The van der Waals surface area contributed by atoms with E-state index in [9.17, 15) is 9.59 Å². The van der Waals surface area contributed by atoms with E-state index in [-0.39, 0.29) is 17.7 Å². The molecule has 136 valence electrons. The third kappa shape index (κ3) is 4.53. The van der Waals surface area contributed by atoms with E-state index in [2.05, 4.69) is 4.90 Å². The van der Waals surface area contributed by atoms with Crippen LogP contribution >= 0.6 is 11.6 Å². The van der Waals surface area contributed by atoms with Crippen molar-refractivity contribution in [3.8, 4) is 0 Å². The third-order valence-electron chi connectivity index (χ3n) is 5.51. The van der Waals surface area contributed by atoms with Gasteiger partial charge in [-0.15, -0.1) is 0 Å². The van der Waals surface area contributed by atoms with E-state index in [0.29, 0.717) is 16.5 Å². The Morgan fingerprint density at radius 2 is 1.68 bits per heavy atom. The number of halogens is 1. The highest BCUT2D eigenvalue weighted by Gasteiger charge is 2.28. The molecule has 1 aromatic rings. The first-order chi connectivity index (χ1) is 12.0. The lowest BCUT2D eigenvalue weighted by Crippen LogP contribution is -2.44. The minimum atomic E-state index is -0.161. The highest BCUT2D eigenvalue weighted by atomic mass is 35.5. The summed E-state index contributed by atoms with van der Waals surface area (Å²) in [6.07, 6.45) is 3.79. The molecule has 2 saturated heterocycles. The minimum Gasteiger partial charge on any atom is -0.369 e. The number of primary amides is 1. The molecule has 25 heavy (non-hydrogen) atoms. The van der Waals surface area contributed by atoms with E-state index in [4.69, 9.17) is 17.3 Å². The number of rotatable bonds is 4. The van der Waals surface area contributed by atoms with Gasteiger partial charge in [0.1, 0.15) is 0 Å². The Bertz CT molecular complexity index is 621. The molecule has 2 aliphatic rings. The summed E-state index contributed by atoms with van der Waals surface area (Å²) in [4.78, 5) is 28.2. The van der Waals surface area contributed by atoms with Crippen LogP contribution in [0.15, 0.2) is 24.3 Å². The Morgan fingerprint density at radius 1 is 1.04 bits per heavy atom. The van der Waals surface area contributed by atoms with Crippen molar-refractivity contribution >= 4 is 23.4 Å². The Kier molecular flexibility index (Phi) is 5.97. The molecule has 2 fully saturated rings. The molecule has 2 N–H and O–H groups in total. The SMILES string of the molecule is NC(=O)C1CCN(CC2CCN(C(=O)c3ccccc3Cl)CC2)CC1. The van der Waals surface area contributed by atoms with Gasteiger partial charge in [0, 0.05) is 25.6 Å². The minimum absolute atomic E-state index is 0.0336. The summed E-state index contributed by atoms with van der Waals surface area (Å²) in [5.41, 5.74) is 5.99. The number of carbonyl (C=O) groups excluding carboxylic acids is 2. The van der Waals surface area contributed by atoms with Crippen molar-refractivity contribution < 1.29 is 9.59 Å². The summed E-state index contributed by atoms with van der Waals surface area (Å²) in [6.45, 7) is 4.53. The standard InChI is InChI=1S/C19H26ClN3O2/c20-17-4-2-1-3-16(17)19(25)23-11-5-14(6-12-23)13-22-9-7-15(8-10-22)18(21)24/h1-4,14-15H,5-13H2,(H2,21,24). The van der Waals surface area contributed by atoms with Gasteiger partial charge in [-0.2, -0.15) is 0 Å². The second-order valence-electron chi connectivity index (χ2n) is 7.19. The number of nitrogens with zero attached hydrogens (tertiary/aromatic N) is 2. The monoisotopic (exact) mass is 363 g/mol. The molecule has 0 saturated carbocycles. The molecule has 0 aromatic heterocycles. The molecule has 6 heteroatoms. The van der Waals surface area contributed by atoms with Crippen LogP contribution in [-0.2, 0) is 4.79 Å². The second kappa shape index (κ2) is 8.19. The van der Waals surface area contributed by atoms with Crippen molar-refractivity contribution in [3.05, 3.63) is 34.9 Å². The summed E-state index contributed by atoms with van der Waals surface area (Å²) in [5, 5.41) is 0.520. The van der Waals surface area contributed by atoms with E-state index in [1.165, 1.54) is 0 Å². The van der Waals surface area contributed by atoms with Crippen LogP contribution in [0.2, 0.25) is 5.02 Å². The number of benzene rings is 1. The molecule has 0 atom stereocenters. The molecule has 0 spiro atoms. The van der Waals surface area contributed by atoms with Crippen molar-refractivity contribution in [1.29, 1.82) is 0 Å². The molecule has 0 radical (unpaired) electrons. The zero-order valence-electron chi connectivity index (χ0n) is 14.5. The molecule has 0 aliphatic carbocycles. The van der Waals surface area contributed by atoms with Crippen LogP contribution in [0, 0.1) is 11.8 Å². The van der Waals surface area contributed by atoms with Crippen LogP contribution in [0.1, 0.15) is 36.0 Å². The van der Waals surface area contributed by atoms with Crippen molar-refractivity contribution in [2.45, 2.75) is 25.7 Å². The van der Waals surface area contributed by atoms with Crippen LogP contribution in [0.4, 0.5) is 0 Å². The average Bonchev–Trinajstić information content (AvgIpc) is 2.63. The molecular formula is C19H26ClN3O2. The smallest absolute Gasteiger partial charge is 0.255 e. The molecule has 5 nitrogen and oxygen atoms in total. The lowest BCUT2D eigenvalue weighted by Gasteiger charge is -2.37. The highest BCUT2D eigenvalue weighted by Crippen LogP contribution is 2.25. The van der Waals surface area contributed by atoms with Crippen molar-refractivity contribution in [1.82, 2.24) is 9.80 Å². The van der Waals surface area contributed by atoms with E-state index < -0.39 is 0 Å². The molecular weight excluding hydrogens is 338 g/mol. The van der Waals surface area contributed by atoms with E-state index in [1.54, 1.807) is 12.1 Å². The van der Waals surface area contributed by atoms with Gasteiger partial charge in [-0.1, -0.05) is 23.7 Å². The first-order valence-corrected chi connectivity index (χ1v) is 9.48. The normalized spacial score (nSPS) is 20.6. The molecule has 0 bridgehead atoms. The van der Waals surface area contributed by atoms with Gasteiger partial charge >= 0.3 is 0 Å². The Balaban J connectivity index is 1.46. The number of carbonyl (C=O) groups is 2. The number of nitrogens with two attached hydrogens (primary N) is 1. The van der Waals surface area contributed by atoms with Gasteiger partial charge in [0.05, 0.1) is 10.6 Å². The van der Waals surface area contributed by atoms with Crippen molar-refractivity contribution in [2.24, 2.45) is 17.6 Å². The number of piperidine rings is 2. The number of likely N-dealkylation sites (tertiary alicyclic amines) is 2. The summed E-state index contributed by atoms with van der Waals surface area (Å²) in [7, 11) is 0. The lowest BCUT2D eigenvalue weighted by atomic mass is 9.92. The average molecular weight is 364 g/mol. The largest absolute Gasteiger partial charge is 0.369 e.